The zero-order valence-electron chi connectivity index (χ0n) is 18.1. The standard InChI is InChI=1S/C23H24N6O3S/c1-33(30,31)26-19-7-5-6-18(16-19)21-17-24-28-11-10-22(25-23(21)28)29(20-8-3-2-4-9-20)27-12-14-32-15-13-27/h2-11,16-17,26H,12-15H2,1H3. The molecule has 0 atom stereocenters. The molecule has 1 fully saturated rings. The molecule has 1 saturated heterocycles. The van der Waals surface area contributed by atoms with Gasteiger partial charge in [0, 0.05) is 36.6 Å². The van der Waals surface area contributed by atoms with Gasteiger partial charge in [-0.3, -0.25) is 9.73 Å². The first kappa shape index (κ1) is 21.4. The van der Waals surface area contributed by atoms with Crippen LogP contribution in [0.1, 0.15) is 0 Å². The fourth-order valence-electron chi connectivity index (χ4n) is 3.91. The number of ether oxygens (including phenoxy) is 1. The lowest BCUT2D eigenvalue weighted by Gasteiger charge is -2.38. The number of fused-ring (bicyclic) bond motifs is 1. The maximum absolute atomic E-state index is 11.7. The van der Waals surface area contributed by atoms with Crippen LogP contribution in [0.2, 0.25) is 0 Å². The predicted octanol–water partition coefficient (Wildman–Crippen LogP) is 3.15. The molecule has 5 rings (SSSR count). The van der Waals surface area contributed by atoms with Gasteiger partial charge in [0.2, 0.25) is 10.0 Å². The largest absolute Gasteiger partial charge is 0.379 e. The Bertz CT molecular complexity index is 1370. The summed E-state index contributed by atoms with van der Waals surface area (Å²) in [4.78, 5) is 4.97. The SMILES string of the molecule is CS(=O)(=O)Nc1cccc(-c2cnn3ccc(N(c4ccccc4)N4CCOCC4)nc23)c1. The summed E-state index contributed by atoms with van der Waals surface area (Å²) in [6, 6.07) is 19.3. The Kier molecular flexibility index (Phi) is 5.71. The van der Waals surface area contributed by atoms with Gasteiger partial charge < -0.3 is 4.74 Å². The number of sulfonamides is 1. The number of nitrogens with zero attached hydrogens (tertiary/aromatic N) is 5. The van der Waals surface area contributed by atoms with Crippen LogP contribution in [-0.2, 0) is 14.8 Å². The molecular formula is C23H24N6O3S. The number of rotatable bonds is 6. The Morgan fingerprint density at radius 1 is 1.03 bits per heavy atom. The summed E-state index contributed by atoms with van der Waals surface area (Å²) in [5, 5.41) is 8.79. The van der Waals surface area contributed by atoms with Gasteiger partial charge in [-0.2, -0.15) is 5.10 Å². The Labute approximate surface area is 192 Å². The lowest BCUT2D eigenvalue weighted by Crippen LogP contribution is -2.47. The van der Waals surface area contributed by atoms with Crippen molar-refractivity contribution in [2.24, 2.45) is 0 Å². The Morgan fingerprint density at radius 2 is 1.82 bits per heavy atom. The van der Waals surface area contributed by atoms with Crippen molar-refractivity contribution < 1.29 is 13.2 Å². The maximum Gasteiger partial charge on any atom is 0.229 e. The van der Waals surface area contributed by atoms with Crippen molar-refractivity contribution in [3.8, 4) is 11.1 Å². The molecule has 4 aromatic rings. The van der Waals surface area contributed by atoms with Crippen LogP contribution in [0.15, 0.2) is 73.1 Å². The lowest BCUT2D eigenvalue weighted by atomic mass is 10.1. The summed E-state index contributed by atoms with van der Waals surface area (Å²) >= 11 is 0. The summed E-state index contributed by atoms with van der Waals surface area (Å²) in [5.41, 5.74) is 3.81. The quantitative estimate of drug-likeness (QED) is 0.469. The van der Waals surface area contributed by atoms with Gasteiger partial charge in [0.15, 0.2) is 11.5 Å². The third-order valence-corrected chi connectivity index (χ3v) is 5.93. The van der Waals surface area contributed by atoms with Crippen LogP contribution in [0.25, 0.3) is 16.8 Å². The molecule has 0 saturated carbocycles. The third kappa shape index (κ3) is 4.68. The number of morpholine rings is 1. The van der Waals surface area contributed by atoms with Gasteiger partial charge in [-0.1, -0.05) is 30.3 Å². The van der Waals surface area contributed by atoms with E-state index in [1.807, 2.05) is 36.5 Å². The van der Waals surface area contributed by atoms with E-state index >= 15 is 0 Å². The van der Waals surface area contributed by atoms with Gasteiger partial charge in [-0.15, -0.1) is 0 Å². The van der Waals surface area contributed by atoms with Crippen molar-refractivity contribution in [3.63, 3.8) is 0 Å². The number of benzene rings is 2. The molecule has 1 aliphatic heterocycles. The summed E-state index contributed by atoms with van der Waals surface area (Å²) in [5.74, 6) is 0.766. The zero-order valence-corrected chi connectivity index (χ0v) is 18.9. The topological polar surface area (TPSA) is 92.1 Å². The van der Waals surface area contributed by atoms with Gasteiger partial charge in [-0.25, -0.2) is 22.9 Å². The summed E-state index contributed by atoms with van der Waals surface area (Å²) in [7, 11) is -3.38. The normalized spacial score (nSPS) is 14.9. The van der Waals surface area contributed by atoms with Crippen LogP contribution in [0.5, 0.6) is 0 Å². The second-order valence-electron chi connectivity index (χ2n) is 7.78. The fourth-order valence-corrected chi connectivity index (χ4v) is 4.46. The van der Waals surface area contributed by atoms with Crippen molar-refractivity contribution in [1.29, 1.82) is 0 Å². The van der Waals surface area contributed by atoms with Crippen LogP contribution in [0.3, 0.4) is 0 Å². The Morgan fingerprint density at radius 3 is 2.58 bits per heavy atom. The highest BCUT2D eigenvalue weighted by molar-refractivity contribution is 7.92. The Balaban J connectivity index is 1.58. The number of aromatic nitrogens is 3. The minimum absolute atomic E-state index is 0.490. The number of para-hydroxylation sites is 1. The van der Waals surface area contributed by atoms with E-state index in [-0.39, 0.29) is 0 Å². The van der Waals surface area contributed by atoms with Crippen molar-refractivity contribution in [2.75, 3.05) is 42.3 Å². The number of hydrogen-bond donors (Lipinski definition) is 1. The predicted molar refractivity (Wildman–Crippen MR) is 128 cm³/mol. The van der Waals surface area contributed by atoms with Crippen LogP contribution in [0, 0.1) is 0 Å². The van der Waals surface area contributed by atoms with Gasteiger partial charge in [0.05, 0.1) is 31.4 Å². The van der Waals surface area contributed by atoms with E-state index in [1.165, 1.54) is 0 Å². The van der Waals surface area contributed by atoms with Gasteiger partial charge in [0.1, 0.15) is 0 Å². The van der Waals surface area contributed by atoms with Crippen LogP contribution < -0.4 is 9.73 Å². The molecule has 0 radical (unpaired) electrons. The number of anilines is 3. The highest BCUT2D eigenvalue weighted by Crippen LogP contribution is 2.30. The highest BCUT2D eigenvalue weighted by atomic mass is 32.2. The van der Waals surface area contributed by atoms with E-state index in [2.05, 4.69) is 32.0 Å². The highest BCUT2D eigenvalue weighted by Gasteiger charge is 2.23. The van der Waals surface area contributed by atoms with Gasteiger partial charge in [-0.05, 0) is 29.8 Å². The van der Waals surface area contributed by atoms with E-state index in [4.69, 9.17) is 9.72 Å². The van der Waals surface area contributed by atoms with E-state index < -0.39 is 10.0 Å². The molecule has 0 bridgehead atoms. The average molecular weight is 465 g/mol. The van der Waals surface area contributed by atoms with Crippen molar-refractivity contribution in [3.05, 3.63) is 73.1 Å². The maximum atomic E-state index is 11.7. The molecule has 0 unspecified atom stereocenters. The second kappa shape index (κ2) is 8.81. The first-order chi connectivity index (χ1) is 16.0. The monoisotopic (exact) mass is 464 g/mol. The summed E-state index contributed by atoms with van der Waals surface area (Å²) < 4.78 is 33.1. The lowest BCUT2D eigenvalue weighted by molar-refractivity contribution is 0.0375. The molecular weight excluding hydrogens is 440 g/mol. The van der Waals surface area contributed by atoms with Crippen molar-refractivity contribution in [2.45, 2.75) is 0 Å². The molecule has 0 amide bonds. The number of hydrazine groups is 1. The minimum atomic E-state index is -3.38. The van der Waals surface area contributed by atoms with Crippen LogP contribution in [-0.4, -0.2) is 60.6 Å². The molecule has 1 aliphatic rings. The molecule has 0 spiro atoms. The van der Waals surface area contributed by atoms with Crippen LogP contribution in [0.4, 0.5) is 17.2 Å². The smallest absolute Gasteiger partial charge is 0.229 e. The molecule has 9 nitrogen and oxygen atoms in total. The third-order valence-electron chi connectivity index (χ3n) is 5.32. The van der Waals surface area contributed by atoms with E-state index in [0.717, 1.165) is 42.0 Å². The molecule has 170 valence electrons. The zero-order chi connectivity index (χ0) is 22.8. The minimum Gasteiger partial charge on any atom is -0.379 e. The molecule has 3 heterocycles. The van der Waals surface area contributed by atoms with E-state index in [1.54, 1.807) is 28.9 Å². The van der Waals surface area contributed by atoms with Gasteiger partial charge in [0.25, 0.3) is 0 Å². The van der Waals surface area contributed by atoms with E-state index in [0.29, 0.717) is 24.5 Å². The average Bonchev–Trinajstić information content (AvgIpc) is 3.23. The van der Waals surface area contributed by atoms with Crippen LogP contribution >= 0.6 is 0 Å². The second-order valence-corrected chi connectivity index (χ2v) is 9.53. The number of nitrogens with one attached hydrogen (secondary N) is 1. The van der Waals surface area contributed by atoms with Crippen molar-refractivity contribution >= 4 is 32.9 Å². The molecule has 33 heavy (non-hydrogen) atoms. The molecule has 0 aliphatic carbocycles. The van der Waals surface area contributed by atoms with E-state index in [9.17, 15) is 8.42 Å². The number of hydrogen-bond acceptors (Lipinski definition) is 7. The molecule has 2 aromatic heterocycles. The van der Waals surface area contributed by atoms with Gasteiger partial charge >= 0.3 is 0 Å². The molecule has 10 heteroatoms. The van der Waals surface area contributed by atoms with Crippen molar-refractivity contribution in [1.82, 2.24) is 19.6 Å². The first-order valence-corrected chi connectivity index (χ1v) is 12.5. The first-order valence-electron chi connectivity index (χ1n) is 10.6. The Hall–Kier alpha value is -3.47. The summed E-state index contributed by atoms with van der Waals surface area (Å²) in [6.07, 6.45) is 4.76. The summed E-state index contributed by atoms with van der Waals surface area (Å²) in [6.45, 7) is 2.83. The molecule has 1 N–H and O–H groups in total. The molecule has 2 aromatic carbocycles. The fraction of sp³-hybridized carbons (Fsp3) is 0.217.